The zero-order valence-electron chi connectivity index (χ0n) is 16.3. The van der Waals surface area contributed by atoms with Gasteiger partial charge in [-0.2, -0.15) is 0 Å². The number of fused-ring (bicyclic) bond motifs is 1. The minimum atomic E-state index is -0.326. The first-order valence-corrected chi connectivity index (χ1v) is 9.41. The maximum Gasteiger partial charge on any atom is 0.336 e. The molecule has 4 rings (SSSR count). The molecule has 0 aliphatic rings. The number of aryl methyl sites for hydroxylation is 3. The van der Waals surface area contributed by atoms with Crippen LogP contribution in [0.1, 0.15) is 27.8 Å². The van der Waals surface area contributed by atoms with Gasteiger partial charge in [-0.15, -0.1) is 0 Å². The van der Waals surface area contributed by atoms with Gasteiger partial charge < -0.3 is 4.42 Å². The van der Waals surface area contributed by atoms with Crippen molar-refractivity contribution in [3.8, 4) is 11.1 Å². The van der Waals surface area contributed by atoms with Gasteiger partial charge in [-0.25, -0.2) is 4.79 Å². The lowest BCUT2D eigenvalue weighted by Crippen LogP contribution is -2.01. The highest BCUT2D eigenvalue weighted by molar-refractivity contribution is 5.98. The van der Waals surface area contributed by atoms with Gasteiger partial charge in [-0.1, -0.05) is 72.3 Å². The number of rotatable bonds is 3. The first-order chi connectivity index (χ1) is 13.5. The van der Waals surface area contributed by atoms with Crippen LogP contribution in [0.2, 0.25) is 0 Å². The molecule has 28 heavy (non-hydrogen) atoms. The molecule has 0 aliphatic carbocycles. The summed E-state index contributed by atoms with van der Waals surface area (Å²) in [6.07, 6.45) is 4.27. The second kappa shape index (κ2) is 7.32. The van der Waals surface area contributed by atoms with Crippen molar-refractivity contribution in [1.29, 1.82) is 0 Å². The Morgan fingerprint density at radius 1 is 0.821 bits per heavy atom. The third-order valence-corrected chi connectivity index (χ3v) is 5.14. The fraction of sp³-hybridized carbons (Fsp3) is 0.115. The lowest BCUT2D eigenvalue weighted by molar-refractivity contribution is 0.561. The van der Waals surface area contributed by atoms with Crippen LogP contribution in [-0.2, 0) is 0 Å². The summed E-state index contributed by atoms with van der Waals surface area (Å²) in [5, 5.41) is 0.986. The molecule has 0 bridgehead atoms. The average Bonchev–Trinajstić information content (AvgIpc) is 2.69. The quantitative estimate of drug-likeness (QED) is 0.304. The highest BCUT2D eigenvalue weighted by Gasteiger charge is 2.14. The lowest BCUT2D eigenvalue weighted by atomic mass is 9.92. The summed E-state index contributed by atoms with van der Waals surface area (Å²) in [6.45, 7) is 6.23. The molecular weight excluding hydrogens is 344 g/mol. The molecule has 1 aromatic heterocycles. The fourth-order valence-corrected chi connectivity index (χ4v) is 3.66. The van der Waals surface area contributed by atoms with Crippen molar-refractivity contribution in [2.75, 3.05) is 0 Å². The van der Waals surface area contributed by atoms with Gasteiger partial charge in [0.2, 0.25) is 0 Å². The molecule has 138 valence electrons. The summed E-state index contributed by atoms with van der Waals surface area (Å²) in [4.78, 5) is 12.1. The van der Waals surface area contributed by atoms with Gasteiger partial charge in [0.25, 0.3) is 0 Å². The van der Waals surface area contributed by atoms with Gasteiger partial charge >= 0.3 is 5.63 Å². The van der Waals surface area contributed by atoms with E-state index in [0.717, 1.165) is 38.8 Å². The molecule has 0 saturated heterocycles. The molecule has 0 spiro atoms. The van der Waals surface area contributed by atoms with Crippen molar-refractivity contribution in [2.45, 2.75) is 20.8 Å². The van der Waals surface area contributed by atoms with Crippen molar-refractivity contribution in [3.05, 3.63) is 105 Å². The van der Waals surface area contributed by atoms with Crippen LogP contribution in [0.5, 0.6) is 0 Å². The normalized spacial score (nSPS) is 11.4. The molecule has 1 heterocycles. The molecule has 0 fully saturated rings. The molecule has 3 aromatic carbocycles. The van der Waals surface area contributed by atoms with E-state index >= 15 is 0 Å². The van der Waals surface area contributed by atoms with Crippen LogP contribution < -0.4 is 5.63 Å². The van der Waals surface area contributed by atoms with Gasteiger partial charge in [0.05, 0.1) is 0 Å². The molecule has 2 heteroatoms. The van der Waals surface area contributed by atoms with Gasteiger partial charge in [0.1, 0.15) is 5.58 Å². The summed E-state index contributed by atoms with van der Waals surface area (Å²) in [5.74, 6) is 0. The average molecular weight is 366 g/mol. The second-order valence-electron chi connectivity index (χ2n) is 7.19. The van der Waals surface area contributed by atoms with Crippen LogP contribution in [0, 0.1) is 20.8 Å². The number of hydrogen-bond acceptors (Lipinski definition) is 2. The largest absolute Gasteiger partial charge is 0.423 e. The Morgan fingerprint density at radius 3 is 2.25 bits per heavy atom. The molecule has 0 N–H and O–H groups in total. The third-order valence-electron chi connectivity index (χ3n) is 5.14. The first-order valence-electron chi connectivity index (χ1n) is 9.41. The third kappa shape index (κ3) is 3.41. The van der Waals surface area contributed by atoms with Crippen LogP contribution >= 0.6 is 0 Å². The van der Waals surface area contributed by atoms with Gasteiger partial charge in [0.15, 0.2) is 0 Å². The zero-order chi connectivity index (χ0) is 19.7. The molecule has 4 aromatic rings. The Balaban J connectivity index is 1.92. The SMILES string of the molecule is Cc1ccc(/C=C/c2c(C)cc3oc(=O)cc(-c4ccccc4)c3c2C)cc1. The van der Waals surface area contributed by atoms with Crippen LogP contribution in [-0.4, -0.2) is 0 Å². The topological polar surface area (TPSA) is 30.2 Å². The summed E-state index contributed by atoms with van der Waals surface area (Å²) in [6, 6.07) is 22.0. The zero-order valence-corrected chi connectivity index (χ0v) is 16.3. The van der Waals surface area contributed by atoms with E-state index < -0.39 is 0 Å². The van der Waals surface area contributed by atoms with Crippen molar-refractivity contribution < 1.29 is 4.42 Å². The summed E-state index contributed by atoms with van der Waals surface area (Å²) in [5.41, 5.74) is 7.99. The number of benzene rings is 3. The van der Waals surface area contributed by atoms with Gasteiger partial charge in [0, 0.05) is 17.0 Å². The van der Waals surface area contributed by atoms with E-state index in [1.165, 1.54) is 5.56 Å². The Hall–Kier alpha value is -3.39. The fourth-order valence-electron chi connectivity index (χ4n) is 3.66. The maximum atomic E-state index is 12.1. The van der Waals surface area contributed by atoms with Crippen molar-refractivity contribution in [1.82, 2.24) is 0 Å². The smallest absolute Gasteiger partial charge is 0.336 e. The molecule has 0 atom stereocenters. The molecule has 0 saturated carbocycles. The van der Waals surface area contributed by atoms with E-state index in [1.54, 1.807) is 6.07 Å². The van der Waals surface area contributed by atoms with E-state index in [2.05, 4.69) is 57.2 Å². The van der Waals surface area contributed by atoms with Gasteiger partial charge in [-0.3, -0.25) is 0 Å². The Kier molecular flexibility index (Phi) is 4.70. The van der Waals surface area contributed by atoms with E-state index in [9.17, 15) is 4.79 Å². The van der Waals surface area contributed by atoms with Crippen LogP contribution in [0.4, 0.5) is 0 Å². The highest BCUT2D eigenvalue weighted by atomic mass is 16.4. The molecule has 0 amide bonds. The summed E-state index contributed by atoms with van der Waals surface area (Å²) >= 11 is 0. The van der Waals surface area contributed by atoms with Gasteiger partial charge in [-0.05, 0) is 54.7 Å². The minimum absolute atomic E-state index is 0.326. The Labute approximate surface area is 164 Å². The van der Waals surface area contributed by atoms with Crippen molar-refractivity contribution in [3.63, 3.8) is 0 Å². The highest BCUT2D eigenvalue weighted by Crippen LogP contribution is 2.33. The standard InChI is InChI=1S/C26H22O2/c1-17-9-11-20(12-10-17)13-14-22-18(2)15-24-26(19(22)3)23(16-25(27)28-24)21-7-5-4-6-8-21/h4-16H,1-3H3/b14-13+. The molecule has 0 unspecified atom stereocenters. The lowest BCUT2D eigenvalue weighted by Gasteiger charge is -2.13. The summed E-state index contributed by atoms with van der Waals surface area (Å²) in [7, 11) is 0. The van der Waals surface area contributed by atoms with Crippen LogP contribution in [0.15, 0.2) is 75.9 Å². The minimum Gasteiger partial charge on any atom is -0.423 e. The van der Waals surface area contributed by atoms with Crippen LogP contribution in [0.3, 0.4) is 0 Å². The monoisotopic (exact) mass is 366 g/mol. The number of hydrogen-bond donors (Lipinski definition) is 0. The second-order valence-corrected chi connectivity index (χ2v) is 7.19. The molecule has 0 aliphatic heterocycles. The predicted octanol–water partition coefficient (Wildman–Crippen LogP) is 6.56. The van der Waals surface area contributed by atoms with E-state index in [0.29, 0.717) is 5.58 Å². The van der Waals surface area contributed by atoms with Crippen molar-refractivity contribution >= 4 is 23.1 Å². The van der Waals surface area contributed by atoms with Crippen LogP contribution in [0.25, 0.3) is 34.2 Å². The summed E-state index contributed by atoms with van der Waals surface area (Å²) < 4.78 is 5.54. The van der Waals surface area contributed by atoms with Crippen molar-refractivity contribution in [2.24, 2.45) is 0 Å². The molecule has 0 radical (unpaired) electrons. The predicted molar refractivity (Wildman–Crippen MR) is 118 cm³/mol. The van der Waals surface area contributed by atoms with E-state index in [1.807, 2.05) is 36.4 Å². The van der Waals surface area contributed by atoms with E-state index in [4.69, 9.17) is 4.42 Å². The first kappa shape index (κ1) is 18.0. The maximum absolute atomic E-state index is 12.1. The Bertz CT molecular complexity index is 1230. The van der Waals surface area contributed by atoms with E-state index in [-0.39, 0.29) is 5.63 Å². The molecule has 2 nitrogen and oxygen atoms in total. The Morgan fingerprint density at radius 2 is 1.54 bits per heavy atom. The molecular formula is C26H22O2.